The number of nitrogens with one attached hydrogen (secondary N) is 1. The van der Waals surface area contributed by atoms with Crippen LogP contribution in [0.4, 0.5) is 5.69 Å². The van der Waals surface area contributed by atoms with Crippen LogP contribution in [0.3, 0.4) is 0 Å². The lowest BCUT2D eigenvalue weighted by molar-refractivity contribution is -0.119. The summed E-state index contributed by atoms with van der Waals surface area (Å²) in [7, 11) is -3.65. The third-order valence-electron chi connectivity index (χ3n) is 4.43. The highest BCUT2D eigenvalue weighted by molar-refractivity contribution is 7.92. The van der Waals surface area contributed by atoms with Gasteiger partial charge in [0.15, 0.2) is 0 Å². The van der Waals surface area contributed by atoms with Gasteiger partial charge in [0.1, 0.15) is 6.54 Å². The monoisotopic (exact) mass is 411 g/mol. The van der Waals surface area contributed by atoms with Gasteiger partial charge in [-0.2, -0.15) is 0 Å². The van der Waals surface area contributed by atoms with Crippen LogP contribution >= 0.6 is 0 Å². The van der Waals surface area contributed by atoms with Gasteiger partial charge in [-0.1, -0.05) is 13.8 Å². The molecule has 8 nitrogen and oxygen atoms in total. The lowest BCUT2D eigenvalue weighted by Gasteiger charge is -2.27. The van der Waals surface area contributed by atoms with Gasteiger partial charge in [0.05, 0.1) is 25.2 Å². The summed E-state index contributed by atoms with van der Waals surface area (Å²) >= 11 is 0. The van der Waals surface area contributed by atoms with Gasteiger partial charge in [-0.15, -0.1) is 0 Å². The van der Waals surface area contributed by atoms with E-state index in [9.17, 15) is 18.0 Å². The number of benzene rings is 1. The summed E-state index contributed by atoms with van der Waals surface area (Å²) < 4.78 is 30.6. The largest absolute Gasteiger partial charge is 0.378 e. The first-order valence-corrected chi connectivity index (χ1v) is 11.2. The minimum absolute atomic E-state index is 0.118. The summed E-state index contributed by atoms with van der Waals surface area (Å²) in [6.45, 7) is 6.40. The lowest BCUT2D eigenvalue weighted by atomic mass is 10.1. The Kier molecular flexibility index (Phi) is 7.82. The average molecular weight is 412 g/mol. The summed E-state index contributed by atoms with van der Waals surface area (Å²) in [5.74, 6) is -0.0328. The van der Waals surface area contributed by atoms with Gasteiger partial charge in [-0.3, -0.25) is 13.9 Å². The molecule has 1 saturated heterocycles. The zero-order chi connectivity index (χ0) is 20.7. The van der Waals surface area contributed by atoms with E-state index in [0.29, 0.717) is 50.0 Å². The Balaban J connectivity index is 2.07. The summed E-state index contributed by atoms with van der Waals surface area (Å²) in [5.41, 5.74) is 0.820. The highest BCUT2D eigenvalue weighted by Crippen LogP contribution is 2.19. The van der Waals surface area contributed by atoms with Crippen molar-refractivity contribution in [3.63, 3.8) is 0 Å². The summed E-state index contributed by atoms with van der Waals surface area (Å²) in [6, 6.07) is 6.27. The van der Waals surface area contributed by atoms with Crippen molar-refractivity contribution in [3.05, 3.63) is 29.8 Å². The molecule has 1 aromatic rings. The number of sulfonamides is 1. The number of amides is 2. The minimum atomic E-state index is -3.65. The summed E-state index contributed by atoms with van der Waals surface area (Å²) in [5, 5.41) is 2.74. The van der Waals surface area contributed by atoms with Crippen LogP contribution in [0.5, 0.6) is 0 Å². The third-order valence-corrected chi connectivity index (χ3v) is 5.57. The molecule has 1 aliphatic heterocycles. The molecule has 0 atom stereocenters. The molecule has 0 aliphatic carbocycles. The first-order valence-electron chi connectivity index (χ1n) is 9.40. The molecule has 0 saturated carbocycles. The fourth-order valence-corrected chi connectivity index (χ4v) is 3.66. The normalized spacial score (nSPS) is 14.8. The SMILES string of the molecule is CC(C)CCNC(=O)CN(c1ccc(C(=O)N2CCOCC2)cc1)S(C)(=O)=O. The van der Waals surface area contributed by atoms with Crippen molar-refractivity contribution in [1.29, 1.82) is 0 Å². The molecule has 1 fully saturated rings. The minimum Gasteiger partial charge on any atom is -0.378 e. The fraction of sp³-hybridized carbons (Fsp3) is 0.579. The van der Waals surface area contributed by atoms with E-state index >= 15 is 0 Å². The van der Waals surface area contributed by atoms with Crippen molar-refractivity contribution in [3.8, 4) is 0 Å². The van der Waals surface area contributed by atoms with E-state index in [4.69, 9.17) is 4.74 Å². The Morgan fingerprint density at radius 2 is 1.79 bits per heavy atom. The van der Waals surface area contributed by atoms with Crippen LogP contribution in [0.1, 0.15) is 30.6 Å². The Bertz CT molecular complexity index is 771. The number of rotatable bonds is 8. The first kappa shape index (κ1) is 22.2. The molecule has 0 aromatic heterocycles. The molecule has 9 heteroatoms. The second kappa shape index (κ2) is 9.88. The predicted molar refractivity (Wildman–Crippen MR) is 108 cm³/mol. The van der Waals surface area contributed by atoms with Gasteiger partial charge in [0.25, 0.3) is 5.91 Å². The quantitative estimate of drug-likeness (QED) is 0.691. The molecule has 1 heterocycles. The maximum Gasteiger partial charge on any atom is 0.254 e. The molecule has 1 aromatic carbocycles. The highest BCUT2D eigenvalue weighted by atomic mass is 32.2. The van der Waals surface area contributed by atoms with E-state index in [0.717, 1.165) is 17.0 Å². The number of carbonyl (C=O) groups is 2. The van der Waals surface area contributed by atoms with Crippen LogP contribution < -0.4 is 9.62 Å². The average Bonchev–Trinajstić information content (AvgIpc) is 2.65. The lowest BCUT2D eigenvalue weighted by Crippen LogP contribution is -2.41. The van der Waals surface area contributed by atoms with Gasteiger partial charge in [0, 0.05) is 25.2 Å². The van der Waals surface area contributed by atoms with E-state index in [1.807, 2.05) is 0 Å². The highest BCUT2D eigenvalue weighted by Gasteiger charge is 2.22. The van der Waals surface area contributed by atoms with Crippen molar-refractivity contribution in [2.24, 2.45) is 5.92 Å². The number of hydrogen-bond acceptors (Lipinski definition) is 5. The standard InChI is InChI=1S/C19H29N3O5S/c1-15(2)8-9-20-18(23)14-22(28(3,25)26)17-6-4-16(5-7-17)19(24)21-10-12-27-13-11-21/h4-7,15H,8-14H2,1-3H3,(H,20,23). The molecular formula is C19H29N3O5S. The van der Waals surface area contributed by atoms with Crippen molar-refractivity contribution in [2.75, 3.05) is 50.0 Å². The zero-order valence-electron chi connectivity index (χ0n) is 16.7. The fourth-order valence-electron chi connectivity index (χ4n) is 2.81. The molecule has 1 N–H and O–H groups in total. The molecule has 0 radical (unpaired) electrons. The van der Waals surface area contributed by atoms with Crippen LogP contribution in [0, 0.1) is 5.92 Å². The topological polar surface area (TPSA) is 96.0 Å². The molecule has 1 aliphatic rings. The van der Waals surface area contributed by atoms with E-state index in [1.165, 1.54) is 0 Å². The van der Waals surface area contributed by atoms with Crippen LogP contribution in [-0.2, 0) is 19.6 Å². The smallest absolute Gasteiger partial charge is 0.254 e. The summed E-state index contributed by atoms with van der Waals surface area (Å²) in [4.78, 5) is 26.4. The maximum atomic E-state index is 12.5. The summed E-state index contributed by atoms with van der Waals surface area (Å²) in [6.07, 6.45) is 1.88. The van der Waals surface area contributed by atoms with E-state index in [1.54, 1.807) is 29.2 Å². The van der Waals surface area contributed by atoms with Gasteiger partial charge in [-0.25, -0.2) is 8.42 Å². The Labute approximate surface area is 166 Å². The maximum absolute atomic E-state index is 12.5. The second-order valence-electron chi connectivity index (χ2n) is 7.25. The molecule has 2 rings (SSSR count). The van der Waals surface area contributed by atoms with Crippen molar-refractivity contribution in [2.45, 2.75) is 20.3 Å². The van der Waals surface area contributed by atoms with Gasteiger partial charge < -0.3 is 15.0 Å². The second-order valence-corrected chi connectivity index (χ2v) is 9.16. The molecule has 28 heavy (non-hydrogen) atoms. The molecule has 156 valence electrons. The number of hydrogen-bond donors (Lipinski definition) is 1. The molecule has 0 unspecified atom stereocenters. The van der Waals surface area contributed by atoms with E-state index < -0.39 is 10.0 Å². The molecule has 2 amide bonds. The van der Waals surface area contributed by atoms with Crippen molar-refractivity contribution < 1.29 is 22.7 Å². The number of anilines is 1. The van der Waals surface area contributed by atoms with Crippen molar-refractivity contribution >= 4 is 27.5 Å². The number of nitrogens with zero attached hydrogens (tertiary/aromatic N) is 2. The number of morpholine rings is 1. The van der Waals surface area contributed by atoms with Crippen LogP contribution in [-0.4, -0.2) is 70.8 Å². The van der Waals surface area contributed by atoms with Crippen LogP contribution in [0.25, 0.3) is 0 Å². The number of carbonyl (C=O) groups excluding carboxylic acids is 2. The Morgan fingerprint density at radius 3 is 2.32 bits per heavy atom. The van der Waals surface area contributed by atoms with Crippen molar-refractivity contribution in [1.82, 2.24) is 10.2 Å². The molecular weight excluding hydrogens is 382 g/mol. The van der Waals surface area contributed by atoms with Crippen LogP contribution in [0.15, 0.2) is 24.3 Å². The van der Waals surface area contributed by atoms with Gasteiger partial charge in [-0.05, 0) is 36.6 Å². The van der Waals surface area contributed by atoms with Crippen LogP contribution in [0.2, 0.25) is 0 Å². The Morgan fingerprint density at radius 1 is 1.18 bits per heavy atom. The number of ether oxygens (including phenoxy) is 1. The first-order chi connectivity index (χ1) is 13.2. The Hall–Kier alpha value is -2.13. The van der Waals surface area contributed by atoms with Gasteiger partial charge in [0.2, 0.25) is 15.9 Å². The zero-order valence-corrected chi connectivity index (χ0v) is 17.5. The predicted octanol–water partition coefficient (Wildman–Crippen LogP) is 1.09. The van der Waals surface area contributed by atoms with E-state index in [2.05, 4.69) is 19.2 Å². The van der Waals surface area contributed by atoms with E-state index in [-0.39, 0.29) is 18.4 Å². The molecule has 0 spiro atoms. The molecule has 0 bridgehead atoms. The third kappa shape index (κ3) is 6.49. The van der Waals surface area contributed by atoms with Gasteiger partial charge >= 0.3 is 0 Å².